The number of nitrogen functional groups attached to an aromatic ring is 1. The molecule has 110 valence electrons. The molecule has 0 aliphatic carbocycles. The number of anilines is 2. The van der Waals surface area contributed by atoms with Gasteiger partial charge in [0.05, 0.1) is 20.7 Å². The zero-order valence-corrected chi connectivity index (χ0v) is 12.4. The van der Waals surface area contributed by atoms with Crippen molar-refractivity contribution in [2.75, 3.05) is 16.8 Å². The van der Waals surface area contributed by atoms with E-state index in [1.807, 2.05) is 0 Å². The Kier molecular flexibility index (Phi) is 4.93. The molecule has 3 N–H and O–H groups in total. The van der Waals surface area contributed by atoms with Crippen molar-refractivity contribution in [3.05, 3.63) is 53.3 Å². The quantitative estimate of drug-likeness (QED) is 0.849. The number of rotatable bonds is 4. The van der Waals surface area contributed by atoms with Crippen LogP contribution in [0.4, 0.5) is 15.8 Å². The molecular weight excluding hydrogens is 315 g/mol. The molecule has 0 heterocycles. The first-order valence-electron chi connectivity index (χ1n) is 5.94. The van der Waals surface area contributed by atoms with Crippen molar-refractivity contribution >= 4 is 39.7 Å². The van der Waals surface area contributed by atoms with Gasteiger partial charge in [-0.15, -0.1) is 0 Å². The van der Waals surface area contributed by atoms with Gasteiger partial charge >= 0.3 is 0 Å². The predicted octanol–water partition coefficient (Wildman–Crippen LogP) is 2.81. The molecule has 0 radical (unpaired) electrons. The molecule has 0 saturated carbocycles. The van der Waals surface area contributed by atoms with Crippen LogP contribution in [0.5, 0.6) is 0 Å². The van der Waals surface area contributed by atoms with E-state index in [1.165, 1.54) is 30.3 Å². The summed E-state index contributed by atoms with van der Waals surface area (Å²) in [6.07, 6.45) is 0. The second-order valence-corrected chi connectivity index (χ2v) is 6.06. The van der Waals surface area contributed by atoms with Crippen LogP contribution in [0, 0.1) is 5.82 Å². The summed E-state index contributed by atoms with van der Waals surface area (Å²) in [6.45, 7) is 0. The lowest BCUT2D eigenvalue weighted by atomic mass is 10.3. The highest BCUT2D eigenvalue weighted by Crippen LogP contribution is 2.22. The van der Waals surface area contributed by atoms with E-state index in [2.05, 4.69) is 5.32 Å². The lowest BCUT2D eigenvalue weighted by Gasteiger charge is -2.07. The molecule has 1 amide bonds. The van der Waals surface area contributed by atoms with Crippen LogP contribution in [0.15, 0.2) is 47.4 Å². The molecule has 2 rings (SSSR count). The third-order valence-corrected chi connectivity index (χ3v) is 4.37. The molecule has 0 aliphatic rings. The summed E-state index contributed by atoms with van der Waals surface area (Å²) in [6, 6.07) is 10.0. The molecule has 0 aromatic heterocycles. The Bertz CT molecular complexity index is 709. The number of nitrogens with two attached hydrogens (primary N) is 1. The minimum Gasteiger partial charge on any atom is -0.399 e. The second-order valence-electron chi connectivity index (χ2n) is 4.24. The third kappa shape index (κ3) is 4.27. The number of amides is 1. The Hall–Kier alpha value is -1.92. The van der Waals surface area contributed by atoms with Crippen molar-refractivity contribution in [2.24, 2.45) is 0 Å². The lowest BCUT2D eigenvalue weighted by Crippen LogP contribution is -2.19. The van der Waals surface area contributed by atoms with Crippen LogP contribution in [0.25, 0.3) is 0 Å². The summed E-state index contributed by atoms with van der Waals surface area (Å²) < 4.78 is 25.1. The van der Waals surface area contributed by atoms with E-state index >= 15 is 0 Å². The van der Waals surface area contributed by atoms with Crippen LogP contribution in [0.2, 0.25) is 5.02 Å². The van der Waals surface area contributed by atoms with Gasteiger partial charge in [-0.05, 0) is 36.4 Å². The lowest BCUT2D eigenvalue weighted by molar-refractivity contribution is -0.113. The molecule has 0 aliphatic heterocycles. The van der Waals surface area contributed by atoms with Crippen molar-refractivity contribution in [3.8, 4) is 0 Å². The SMILES string of the molecule is Nc1ccc(S(=O)CC(=O)Nc2cccc(F)c2)c(Cl)c1. The number of hydrogen-bond acceptors (Lipinski definition) is 3. The average Bonchev–Trinajstić information content (AvgIpc) is 2.38. The molecule has 0 bridgehead atoms. The third-order valence-electron chi connectivity index (χ3n) is 2.57. The summed E-state index contributed by atoms with van der Waals surface area (Å²) >= 11 is 5.93. The van der Waals surface area contributed by atoms with Gasteiger partial charge in [0.1, 0.15) is 11.6 Å². The Morgan fingerprint density at radius 1 is 1.29 bits per heavy atom. The first-order valence-corrected chi connectivity index (χ1v) is 7.64. The van der Waals surface area contributed by atoms with E-state index in [0.717, 1.165) is 0 Å². The van der Waals surface area contributed by atoms with E-state index in [1.54, 1.807) is 12.1 Å². The highest BCUT2D eigenvalue weighted by molar-refractivity contribution is 7.86. The fourth-order valence-corrected chi connectivity index (χ4v) is 3.07. The zero-order chi connectivity index (χ0) is 15.4. The van der Waals surface area contributed by atoms with Crippen LogP contribution in [-0.2, 0) is 15.6 Å². The first-order chi connectivity index (χ1) is 9.95. The van der Waals surface area contributed by atoms with Crippen LogP contribution >= 0.6 is 11.6 Å². The van der Waals surface area contributed by atoms with E-state index < -0.39 is 22.5 Å². The van der Waals surface area contributed by atoms with Crippen molar-refractivity contribution in [1.82, 2.24) is 0 Å². The zero-order valence-electron chi connectivity index (χ0n) is 10.8. The van der Waals surface area contributed by atoms with E-state index in [9.17, 15) is 13.4 Å². The topological polar surface area (TPSA) is 72.2 Å². The molecule has 0 spiro atoms. The van der Waals surface area contributed by atoms with E-state index in [0.29, 0.717) is 16.3 Å². The van der Waals surface area contributed by atoms with Crippen molar-refractivity contribution in [1.29, 1.82) is 0 Å². The standard InChI is InChI=1S/C14H12ClFN2O2S/c15-12-7-10(17)4-5-13(12)21(20)8-14(19)18-11-3-1-2-9(16)6-11/h1-7H,8,17H2,(H,18,19). The molecule has 0 fully saturated rings. The fourth-order valence-electron chi connectivity index (χ4n) is 1.66. The maximum atomic E-state index is 13.0. The molecule has 4 nitrogen and oxygen atoms in total. The number of carbonyl (C=O) groups is 1. The van der Waals surface area contributed by atoms with Gasteiger partial charge in [0.2, 0.25) is 5.91 Å². The van der Waals surface area contributed by atoms with Gasteiger partial charge in [-0.2, -0.15) is 0 Å². The molecule has 1 atom stereocenters. The summed E-state index contributed by atoms with van der Waals surface area (Å²) in [5, 5.41) is 2.72. The van der Waals surface area contributed by atoms with Crippen LogP contribution < -0.4 is 11.1 Å². The molecule has 1 unspecified atom stereocenters. The Morgan fingerprint density at radius 3 is 2.71 bits per heavy atom. The normalized spacial score (nSPS) is 11.9. The van der Waals surface area contributed by atoms with Gasteiger partial charge in [0.15, 0.2) is 0 Å². The Labute approximate surface area is 128 Å². The predicted molar refractivity (Wildman–Crippen MR) is 82.2 cm³/mol. The van der Waals surface area contributed by atoms with Gasteiger partial charge in [0.25, 0.3) is 0 Å². The van der Waals surface area contributed by atoms with Gasteiger partial charge in [-0.25, -0.2) is 4.39 Å². The molecule has 0 saturated heterocycles. The van der Waals surface area contributed by atoms with Gasteiger partial charge in [-0.1, -0.05) is 17.7 Å². The smallest absolute Gasteiger partial charge is 0.237 e. The van der Waals surface area contributed by atoms with Crippen LogP contribution in [0.1, 0.15) is 0 Å². The average molecular weight is 327 g/mol. The van der Waals surface area contributed by atoms with Gasteiger partial charge < -0.3 is 11.1 Å². The first kappa shape index (κ1) is 15.5. The number of carbonyl (C=O) groups excluding carboxylic acids is 1. The fraction of sp³-hybridized carbons (Fsp3) is 0.0714. The summed E-state index contributed by atoms with van der Waals surface area (Å²) in [5.74, 6) is -1.23. The maximum absolute atomic E-state index is 13.0. The van der Waals surface area contributed by atoms with E-state index in [-0.39, 0.29) is 10.8 Å². The van der Waals surface area contributed by atoms with Crippen molar-refractivity contribution < 1.29 is 13.4 Å². The largest absolute Gasteiger partial charge is 0.399 e. The summed E-state index contributed by atoms with van der Waals surface area (Å²) in [7, 11) is -1.61. The Morgan fingerprint density at radius 2 is 2.05 bits per heavy atom. The molecular formula is C14H12ClFN2O2S. The van der Waals surface area contributed by atoms with Crippen LogP contribution in [-0.4, -0.2) is 15.9 Å². The second kappa shape index (κ2) is 6.69. The molecule has 7 heteroatoms. The number of benzene rings is 2. The summed E-state index contributed by atoms with van der Waals surface area (Å²) in [5.41, 5.74) is 6.30. The van der Waals surface area contributed by atoms with Gasteiger partial charge in [0, 0.05) is 11.4 Å². The minimum atomic E-state index is -1.61. The van der Waals surface area contributed by atoms with Crippen molar-refractivity contribution in [2.45, 2.75) is 4.90 Å². The highest BCUT2D eigenvalue weighted by Gasteiger charge is 2.14. The Balaban J connectivity index is 2.04. The summed E-state index contributed by atoms with van der Waals surface area (Å²) in [4.78, 5) is 12.1. The van der Waals surface area contributed by atoms with Crippen LogP contribution in [0.3, 0.4) is 0 Å². The molecule has 2 aromatic carbocycles. The maximum Gasteiger partial charge on any atom is 0.237 e. The van der Waals surface area contributed by atoms with Crippen molar-refractivity contribution in [3.63, 3.8) is 0 Å². The highest BCUT2D eigenvalue weighted by atomic mass is 35.5. The van der Waals surface area contributed by atoms with E-state index in [4.69, 9.17) is 17.3 Å². The minimum absolute atomic E-state index is 0.242. The number of nitrogens with one attached hydrogen (secondary N) is 1. The number of hydrogen-bond donors (Lipinski definition) is 2. The monoisotopic (exact) mass is 326 g/mol. The number of halogens is 2. The molecule has 2 aromatic rings. The molecule has 21 heavy (non-hydrogen) atoms. The van der Waals surface area contributed by atoms with Gasteiger partial charge in [-0.3, -0.25) is 9.00 Å².